The first kappa shape index (κ1) is 14.5. The van der Waals surface area contributed by atoms with E-state index in [-0.39, 0.29) is 17.9 Å². The van der Waals surface area contributed by atoms with Gasteiger partial charge in [0, 0.05) is 31.9 Å². The molecule has 2 aliphatic rings. The largest absolute Gasteiger partial charge is 0.381 e. The number of aromatic nitrogens is 2. The lowest BCUT2D eigenvalue weighted by atomic mass is 9.99. The molecule has 116 valence electrons. The minimum absolute atomic E-state index is 0.0591. The molecular formula is C15H23N3O3. The molecule has 2 aliphatic heterocycles. The average molecular weight is 293 g/mol. The zero-order chi connectivity index (χ0) is 14.5. The first-order valence-corrected chi connectivity index (χ1v) is 7.84. The van der Waals surface area contributed by atoms with Crippen molar-refractivity contribution in [3.8, 4) is 0 Å². The van der Waals surface area contributed by atoms with Crippen LogP contribution in [0.2, 0.25) is 0 Å². The molecule has 21 heavy (non-hydrogen) atoms. The molecule has 0 aliphatic carbocycles. The summed E-state index contributed by atoms with van der Waals surface area (Å²) in [5.41, 5.74) is 0.766. The second kappa shape index (κ2) is 7.04. The standard InChI is InChI=1S/C15H23N3O3/c19-15(12-4-7-20-8-5-12)17-13-9-16-18(10-13)11-14-3-1-2-6-21-14/h9-10,12,14H,1-8,11H2,(H,17,19). The summed E-state index contributed by atoms with van der Waals surface area (Å²) in [6.45, 7) is 2.96. The minimum Gasteiger partial charge on any atom is -0.381 e. The summed E-state index contributed by atoms with van der Waals surface area (Å²) < 4.78 is 12.8. The van der Waals surface area contributed by atoms with Crippen molar-refractivity contribution < 1.29 is 14.3 Å². The van der Waals surface area contributed by atoms with E-state index in [1.165, 1.54) is 6.42 Å². The molecule has 1 aromatic rings. The predicted molar refractivity (Wildman–Crippen MR) is 78.0 cm³/mol. The molecule has 3 rings (SSSR count). The number of rotatable bonds is 4. The monoisotopic (exact) mass is 293 g/mol. The van der Waals surface area contributed by atoms with E-state index >= 15 is 0 Å². The van der Waals surface area contributed by atoms with E-state index in [0.717, 1.165) is 44.5 Å². The van der Waals surface area contributed by atoms with Crippen molar-refractivity contribution in [2.75, 3.05) is 25.1 Å². The maximum atomic E-state index is 12.1. The fraction of sp³-hybridized carbons (Fsp3) is 0.733. The Morgan fingerprint density at radius 2 is 2.14 bits per heavy atom. The summed E-state index contributed by atoms with van der Waals surface area (Å²) in [5.74, 6) is 0.135. The van der Waals surface area contributed by atoms with Gasteiger partial charge in [0.1, 0.15) is 0 Å². The number of carbonyl (C=O) groups excluding carboxylic acids is 1. The van der Waals surface area contributed by atoms with Gasteiger partial charge in [0.25, 0.3) is 0 Å². The lowest BCUT2D eigenvalue weighted by Gasteiger charge is -2.22. The number of amides is 1. The highest BCUT2D eigenvalue weighted by atomic mass is 16.5. The van der Waals surface area contributed by atoms with Crippen molar-refractivity contribution >= 4 is 11.6 Å². The number of carbonyl (C=O) groups is 1. The maximum Gasteiger partial charge on any atom is 0.227 e. The van der Waals surface area contributed by atoms with Crippen LogP contribution < -0.4 is 5.32 Å². The average Bonchev–Trinajstić information content (AvgIpc) is 2.96. The summed E-state index contributed by atoms with van der Waals surface area (Å²) >= 11 is 0. The Labute approximate surface area is 124 Å². The van der Waals surface area contributed by atoms with Gasteiger partial charge in [-0.15, -0.1) is 0 Å². The molecule has 0 aromatic carbocycles. The molecule has 1 N–H and O–H groups in total. The normalized spacial score (nSPS) is 23.9. The third-order valence-electron chi connectivity index (χ3n) is 4.16. The number of ether oxygens (including phenoxy) is 2. The summed E-state index contributed by atoms with van der Waals surface area (Å²) in [6.07, 6.45) is 8.91. The quantitative estimate of drug-likeness (QED) is 0.919. The van der Waals surface area contributed by atoms with Gasteiger partial charge in [-0.3, -0.25) is 9.48 Å². The van der Waals surface area contributed by atoms with E-state index in [9.17, 15) is 4.79 Å². The highest BCUT2D eigenvalue weighted by Gasteiger charge is 2.22. The van der Waals surface area contributed by atoms with Gasteiger partial charge in [0.15, 0.2) is 0 Å². The van der Waals surface area contributed by atoms with Crippen LogP contribution in [0, 0.1) is 5.92 Å². The van der Waals surface area contributed by atoms with E-state index in [4.69, 9.17) is 9.47 Å². The Morgan fingerprint density at radius 3 is 2.90 bits per heavy atom. The predicted octanol–water partition coefficient (Wildman–Crippen LogP) is 1.82. The minimum atomic E-state index is 0.0591. The lowest BCUT2D eigenvalue weighted by molar-refractivity contribution is -0.122. The first-order valence-electron chi connectivity index (χ1n) is 7.84. The van der Waals surface area contributed by atoms with Crippen molar-refractivity contribution in [2.24, 2.45) is 5.92 Å². The molecule has 1 atom stereocenters. The van der Waals surface area contributed by atoms with Crippen molar-refractivity contribution in [1.29, 1.82) is 0 Å². The van der Waals surface area contributed by atoms with Gasteiger partial charge in [-0.05, 0) is 32.1 Å². The highest BCUT2D eigenvalue weighted by molar-refractivity contribution is 5.92. The molecule has 1 amide bonds. The van der Waals surface area contributed by atoms with Crippen LogP contribution in [0.3, 0.4) is 0 Å². The molecular weight excluding hydrogens is 270 g/mol. The summed E-state index contributed by atoms with van der Waals surface area (Å²) in [5, 5.41) is 7.26. The Kier molecular flexibility index (Phi) is 4.87. The Bertz CT molecular complexity index is 462. The number of hydrogen-bond donors (Lipinski definition) is 1. The summed E-state index contributed by atoms with van der Waals surface area (Å²) in [7, 11) is 0. The molecule has 0 bridgehead atoms. The number of nitrogens with one attached hydrogen (secondary N) is 1. The van der Waals surface area contributed by atoms with Gasteiger partial charge >= 0.3 is 0 Å². The van der Waals surface area contributed by atoms with Crippen LogP contribution in [0.4, 0.5) is 5.69 Å². The summed E-state index contributed by atoms with van der Waals surface area (Å²) in [4.78, 5) is 12.1. The van der Waals surface area contributed by atoms with E-state index in [0.29, 0.717) is 13.2 Å². The fourth-order valence-electron chi connectivity index (χ4n) is 2.89. The van der Waals surface area contributed by atoms with Crippen LogP contribution in [-0.2, 0) is 20.8 Å². The van der Waals surface area contributed by atoms with E-state index in [2.05, 4.69) is 10.4 Å². The molecule has 6 heteroatoms. The molecule has 2 saturated heterocycles. The van der Waals surface area contributed by atoms with Gasteiger partial charge in [0.05, 0.1) is 24.5 Å². The molecule has 0 spiro atoms. The molecule has 1 unspecified atom stereocenters. The molecule has 3 heterocycles. The van der Waals surface area contributed by atoms with Crippen molar-refractivity contribution in [2.45, 2.75) is 44.8 Å². The Morgan fingerprint density at radius 1 is 1.29 bits per heavy atom. The molecule has 1 aromatic heterocycles. The molecule has 0 radical (unpaired) electrons. The van der Waals surface area contributed by atoms with Crippen molar-refractivity contribution in [3.05, 3.63) is 12.4 Å². The van der Waals surface area contributed by atoms with E-state index < -0.39 is 0 Å². The van der Waals surface area contributed by atoms with Gasteiger partial charge in [-0.1, -0.05) is 0 Å². The molecule has 2 fully saturated rings. The lowest BCUT2D eigenvalue weighted by Crippen LogP contribution is -2.28. The van der Waals surface area contributed by atoms with E-state index in [1.807, 2.05) is 10.9 Å². The van der Waals surface area contributed by atoms with Crippen LogP contribution in [0.1, 0.15) is 32.1 Å². The van der Waals surface area contributed by atoms with Crippen molar-refractivity contribution in [1.82, 2.24) is 9.78 Å². The first-order chi connectivity index (χ1) is 10.3. The zero-order valence-electron chi connectivity index (χ0n) is 12.3. The van der Waals surface area contributed by atoms with Crippen LogP contribution in [0.5, 0.6) is 0 Å². The van der Waals surface area contributed by atoms with Crippen LogP contribution in [-0.4, -0.2) is 41.6 Å². The van der Waals surface area contributed by atoms with Crippen LogP contribution in [0.25, 0.3) is 0 Å². The number of hydrogen-bond acceptors (Lipinski definition) is 4. The second-order valence-corrected chi connectivity index (χ2v) is 5.82. The topological polar surface area (TPSA) is 65.4 Å². The van der Waals surface area contributed by atoms with Gasteiger partial charge in [0.2, 0.25) is 5.91 Å². The van der Waals surface area contributed by atoms with Crippen molar-refractivity contribution in [3.63, 3.8) is 0 Å². The SMILES string of the molecule is O=C(Nc1cnn(CC2CCCCO2)c1)C1CCOCC1. The Hall–Kier alpha value is -1.40. The third kappa shape index (κ3) is 4.04. The fourth-order valence-corrected chi connectivity index (χ4v) is 2.89. The van der Waals surface area contributed by atoms with Crippen LogP contribution >= 0.6 is 0 Å². The van der Waals surface area contributed by atoms with Gasteiger partial charge in [-0.2, -0.15) is 5.10 Å². The van der Waals surface area contributed by atoms with E-state index in [1.54, 1.807) is 6.20 Å². The molecule has 6 nitrogen and oxygen atoms in total. The smallest absolute Gasteiger partial charge is 0.227 e. The summed E-state index contributed by atoms with van der Waals surface area (Å²) in [6, 6.07) is 0. The Balaban J connectivity index is 1.50. The third-order valence-corrected chi connectivity index (χ3v) is 4.16. The maximum absolute atomic E-state index is 12.1. The van der Waals surface area contributed by atoms with Gasteiger partial charge < -0.3 is 14.8 Å². The zero-order valence-corrected chi connectivity index (χ0v) is 12.3. The highest BCUT2D eigenvalue weighted by Crippen LogP contribution is 2.18. The second-order valence-electron chi connectivity index (χ2n) is 5.82. The van der Waals surface area contributed by atoms with Gasteiger partial charge in [-0.25, -0.2) is 0 Å². The number of nitrogens with zero attached hydrogens (tertiary/aromatic N) is 2. The number of anilines is 1. The molecule has 0 saturated carbocycles. The van der Waals surface area contributed by atoms with Crippen LogP contribution in [0.15, 0.2) is 12.4 Å².